The van der Waals surface area contributed by atoms with Crippen LogP contribution in [0.4, 0.5) is 0 Å². The molecule has 3 N–H and O–H groups in total. The third-order valence-electron chi connectivity index (χ3n) is 4.18. The molecule has 0 bridgehead atoms. The normalized spacial score (nSPS) is 16.9. The van der Waals surface area contributed by atoms with E-state index < -0.39 is 6.04 Å². The van der Waals surface area contributed by atoms with Crippen molar-refractivity contribution in [2.75, 3.05) is 13.2 Å². The van der Waals surface area contributed by atoms with E-state index in [-0.39, 0.29) is 11.8 Å². The summed E-state index contributed by atoms with van der Waals surface area (Å²) in [5.74, 6) is 0.694. The Morgan fingerprint density at radius 1 is 1.30 bits per heavy atom. The number of ether oxygens (including phenoxy) is 1. The fourth-order valence-corrected chi connectivity index (χ4v) is 2.80. The van der Waals surface area contributed by atoms with Crippen molar-refractivity contribution in [3.05, 3.63) is 42.4 Å². The second-order valence-electron chi connectivity index (χ2n) is 5.69. The van der Waals surface area contributed by atoms with Gasteiger partial charge in [-0.2, -0.15) is 0 Å². The van der Waals surface area contributed by atoms with Crippen molar-refractivity contribution in [1.29, 1.82) is 0 Å². The van der Waals surface area contributed by atoms with Crippen LogP contribution >= 0.6 is 0 Å². The fraction of sp³-hybridized carbons (Fsp3) is 0.412. The molecule has 1 saturated heterocycles. The number of benzene rings is 1. The summed E-state index contributed by atoms with van der Waals surface area (Å²) in [6.07, 6.45) is 3.05. The molecule has 23 heavy (non-hydrogen) atoms. The lowest BCUT2D eigenvalue weighted by molar-refractivity contribution is -0.124. The molecule has 0 saturated carbocycles. The molecule has 1 amide bonds. The maximum absolute atomic E-state index is 12.2. The number of nitrogens with one attached hydrogen (secondary N) is 1. The molecule has 1 aliphatic rings. The Morgan fingerprint density at radius 2 is 2.04 bits per heavy atom. The summed E-state index contributed by atoms with van der Waals surface area (Å²) in [5.41, 5.74) is 7.70. The van der Waals surface area contributed by atoms with Gasteiger partial charge >= 0.3 is 0 Å². The molecule has 2 heterocycles. The highest BCUT2D eigenvalue weighted by Crippen LogP contribution is 2.23. The molecule has 3 rings (SSSR count). The zero-order valence-electron chi connectivity index (χ0n) is 12.9. The molecule has 1 aromatic carbocycles. The summed E-state index contributed by atoms with van der Waals surface area (Å²) in [6.45, 7) is 1.65. The standard InChI is InChI=1S/C17H21N3O3/c18-15(12-6-8-22-9-7-12)17(21)19-10-14-16(23-11-20-14)13-4-2-1-3-5-13/h1-5,11-12,15H,6-10,18H2,(H,19,21). The largest absolute Gasteiger partial charge is 0.443 e. The summed E-state index contributed by atoms with van der Waals surface area (Å²) in [7, 11) is 0. The van der Waals surface area contributed by atoms with E-state index in [9.17, 15) is 4.79 Å². The lowest BCUT2D eigenvalue weighted by atomic mass is 9.92. The van der Waals surface area contributed by atoms with E-state index in [1.165, 1.54) is 6.39 Å². The topological polar surface area (TPSA) is 90.4 Å². The second kappa shape index (κ2) is 7.39. The van der Waals surface area contributed by atoms with E-state index in [4.69, 9.17) is 14.9 Å². The van der Waals surface area contributed by atoms with E-state index >= 15 is 0 Å². The Bertz CT molecular complexity index is 636. The molecule has 1 unspecified atom stereocenters. The monoisotopic (exact) mass is 315 g/mol. The average Bonchev–Trinajstić information content (AvgIpc) is 3.09. The van der Waals surface area contributed by atoms with Crippen LogP contribution in [-0.4, -0.2) is 30.1 Å². The lowest BCUT2D eigenvalue weighted by Crippen LogP contribution is -2.46. The molecule has 6 nitrogen and oxygen atoms in total. The first-order valence-corrected chi connectivity index (χ1v) is 7.84. The van der Waals surface area contributed by atoms with Crippen LogP contribution in [0.5, 0.6) is 0 Å². The highest BCUT2D eigenvalue weighted by atomic mass is 16.5. The van der Waals surface area contributed by atoms with Crippen molar-refractivity contribution in [1.82, 2.24) is 10.3 Å². The van der Waals surface area contributed by atoms with Gasteiger partial charge in [0.1, 0.15) is 5.69 Å². The van der Waals surface area contributed by atoms with Crippen LogP contribution in [0.1, 0.15) is 18.5 Å². The molecule has 1 aliphatic heterocycles. The van der Waals surface area contributed by atoms with Gasteiger partial charge in [-0.1, -0.05) is 30.3 Å². The van der Waals surface area contributed by atoms with Crippen LogP contribution in [0.3, 0.4) is 0 Å². The quantitative estimate of drug-likeness (QED) is 0.876. The predicted molar refractivity (Wildman–Crippen MR) is 85.3 cm³/mol. The van der Waals surface area contributed by atoms with Crippen molar-refractivity contribution >= 4 is 5.91 Å². The van der Waals surface area contributed by atoms with Gasteiger partial charge in [0.05, 0.1) is 12.6 Å². The number of aromatic nitrogens is 1. The number of oxazole rings is 1. The molecular formula is C17H21N3O3. The average molecular weight is 315 g/mol. The van der Waals surface area contributed by atoms with Crippen LogP contribution in [0.25, 0.3) is 11.3 Å². The zero-order chi connectivity index (χ0) is 16.1. The number of nitrogens with zero attached hydrogens (tertiary/aromatic N) is 1. The summed E-state index contributed by atoms with van der Waals surface area (Å²) >= 11 is 0. The fourth-order valence-electron chi connectivity index (χ4n) is 2.80. The molecule has 0 spiro atoms. The Labute approximate surface area is 135 Å². The van der Waals surface area contributed by atoms with E-state index in [1.807, 2.05) is 30.3 Å². The Balaban J connectivity index is 1.60. The number of carbonyl (C=O) groups excluding carboxylic acids is 1. The highest BCUT2D eigenvalue weighted by molar-refractivity contribution is 5.82. The molecule has 1 aromatic heterocycles. The zero-order valence-corrected chi connectivity index (χ0v) is 12.9. The molecule has 2 aromatic rings. The van der Waals surface area contributed by atoms with Gasteiger partial charge in [-0.15, -0.1) is 0 Å². The van der Waals surface area contributed by atoms with Crippen LogP contribution in [0, 0.1) is 5.92 Å². The van der Waals surface area contributed by atoms with E-state index in [1.54, 1.807) is 0 Å². The minimum atomic E-state index is -0.508. The first kappa shape index (κ1) is 15.7. The molecule has 0 aliphatic carbocycles. The van der Waals surface area contributed by atoms with Gasteiger partial charge in [-0.25, -0.2) is 4.98 Å². The maximum Gasteiger partial charge on any atom is 0.237 e. The number of amides is 1. The van der Waals surface area contributed by atoms with Gasteiger partial charge < -0.3 is 20.2 Å². The Kier molecular flexibility index (Phi) is 5.05. The summed E-state index contributed by atoms with van der Waals surface area (Å²) in [5, 5.41) is 2.87. The molecular weight excluding hydrogens is 294 g/mol. The third kappa shape index (κ3) is 3.78. The van der Waals surface area contributed by atoms with E-state index in [2.05, 4.69) is 10.3 Å². The van der Waals surface area contributed by atoms with Gasteiger partial charge in [0.25, 0.3) is 0 Å². The maximum atomic E-state index is 12.2. The van der Waals surface area contributed by atoms with Gasteiger partial charge in [-0.3, -0.25) is 4.79 Å². The SMILES string of the molecule is NC(C(=O)NCc1ncoc1-c1ccccc1)C1CCOCC1. The summed E-state index contributed by atoms with van der Waals surface area (Å²) < 4.78 is 10.8. The summed E-state index contributed by atoms with van der Waals surface area (Å²) in [4.78, 5) is 16.4. The molecule has 6 heteroatoms. The Hall–Kier alpha value is -2.18. The van der Waals surface area contributed by atoms with Crippen molar-refractivity contribution in [2.24, 2.45) is 11.7 Å². The van der Waals surface area contributed by atoms with Crippen LogP contribution in [0.15, 0.2) is 41.1 Å². The molecule has 122 valence electrons. The van der Waals surface area contributed by atoms with Gasteiger partial charge in [0, 0.05) is 18.8 Å². The summed E-state index contributed by atoms with van der Waals surface area (Å²) in [6, 6.07) is 9.18. The van der Waals surface area contributed by atoms with Crippen LogP contribution in [0.2, 0.25) is 0 Å². The first-order valence-electron chi connectivity index (χ1n) is 7.84. The van der Waals surface area contributed by atoms with Crippen LogP contribution in [-0.2, 0) is 16.1 Å². The van der Waals surface area contributed by atoms with Crippen molar-refractivity contribution in [3.63, 3.8) is 0 Å². The minimum absolute atomic E-state index is 0.154. The van der Waals surface area contributed by atoms with Gasteiger partial charge in [0.2, 0.25) is 5.91 Å². The number of hydrogen-bond acceptors (Lipinski definition) is 5. The first-order chi connectivity index (χ1) is 11.3. The molecule has 1 atom stereocenters. The van der Waals surface area contributed by atoms with Crippen molar-refractivity contribution < 1.29 is 13.9 Å². The minimum Gasteiger partial charge on any atom is -0.443 e. The predicted octanol–water partition coefficient (Wildman–Crippen LogP) is 1.71. The highest BCUT2D eigenvalue weighted by Gasteiger charge is 2.26. The number of nitrogens with two attached hydrogens (primary N) is 1. The van der Waals surface area contributed by atoms with Gasteiger partial charge in [0.15, 0.2) is 12.2 Å². The van der Waals surface area contributed by atoms with Crippen molar-refractivity contribution in [3.8, 4) is 11.3 Å². The lowest BCUT2D eigenvalue weighted by Gasteiger charge is -2.26. The van der Waals surface area contributed by atoms with Crippen LogP contribution < -0.4 is 11.1 Å². The number of carbonyl (C=O) groups is 1. The van der Waals surface area contributed by atoms with Gasteiger partial charge in [-0.05, 0) is 18.8 Å². The van der Waals surface area contributed by atoms with E-state index in [0.29, 0.717) is 31.2 Å². The number of rotatable bonds is 5. The Morgan fingerprint density at radius 3 is 2.78 bits per heavy atom. The van der Waals surface area contributed by atoms with Crippen molar-refractivity contribution in [2.45, 2.75) is 25.4 Å². The number of hydrogen-bond donors (Lipinski definition) is 2. The van der Waals surface area contributed by atoms with E-state index in [0.717, 1.165) is 18.4 Å². The third-order valence-corrected chi connectivity index (χ3v) is 4.18. The second-order valence-corrected chi connectivity index (χ2v) is 5.69. The molecule has 1 fully saturated rings. The molecule has 0 radical (unpaired) electrons. The smallest absolute Gasteiger partial charge is 0.237 e.